The number of hydrogen-bond acceptors (Lipinski definition) is 6. The van der Waals surface area contributed by atoms with Gasteiger partial charge >= 0.3 is 0 Å². The van der Waals surface area contributed by atoms with Crippen LogP contribution in [0.5, 0.6) is 17.2 Å². The van der Waals surface area contributed by atoms with Crippen LogP contribution < -0.4 is 19.8 Å². The first-order valence-corrected chi connectivity index (χ1v) is 10.3. The van der Waals surface area contributed by atoms with Gasteiger partial charge in [0, 0.05) is 47.4 Å². The minimum Gasteiger partial charge on any atom is -0.496 e. The van der Waals surface area contributed by atoms with Crippen molar-refractivity contribution >= 4 is 11.6 Å². The summed E-state index contributed by atoms with van der Waals surface area (Å²) >= 11 is 5.98. The van der Waals surface area contributed by atoms with E-state index in [4.69, 9.17) is 30.8 Å². The number of aromatic nitrogens is 2. The smallest absolute Gasteiger partial charge is 0.254 e. The number of methoxy groups -OCH3 is 3. The number of rotatable bonds is 6. The molecule has 162 valence electrons. The first-order valence-electron chi connectivity index (χ1n) is 9.91. The highest BCUT2D eigenvalue weighted by molar-refractivity contribution is 6.30. The Morgan fingerprint density at radius 3 is 2.39 bits per heavy atom. The zero-order chi connectivity index (χ0) is 22.0. The molecule has 8 heteroatoms. The average Bonchev–Trinajstić information content (AvgIpc) is 2.79. The van der Waals surface area contributed by atoms with Crippen LogP contribution in [0.15, 0.2) is 41.2 Å². The molecule has 0 spiro atoms. The van der Waals surface area contributed by atoms with Gasteiger partial charge in [-0.25, -0.2) is 4.98 Å². The van der Waals surface area contributed by atoms with Crippen LogP contribution in [-0.2, 0) is 19.5 Å². The summed E-state index contributed by atoms with van der Waals surface area (Å²) in [5, 5.41) is 0.638. The topological polar surface area (TPSA) is 76.7 Å². The van der Waals surface area contributed by atoms with Crippen molar-refractivity contribution < 1.29 is 14.2 Å². The second kappa shape index (κ2) is 8.99. The maximum absolute atomic E-state index is 12.7. The molecule has 0 saturated heterocycles. The molecule has 3 aromatic rings. The number of benzene rings is 2. The summed E-state index contributed by atoms with van der Waals surface area (Å²) in [5.74, 6) is 2.54. The van der Waals surface area contributed by atoms with Crippen LogP contribution in [0.1, 0.15) is 16.8 Å². The number of nitrogens with one attached hydrogen (secondary N) is 1. The van der Waals surface area contributed by atoms with Crippen LogP contribution in [0.25, 0.3) is 11.4 Å². The Labute approximate surface area is 185 Å². The molecule has 31 heavy (non-hydrogen) atoms. The summed E-state index contributed by atoms with van der Waals surface area (Å²) in [7, 11) is 4.84. The standard InChI is InChI=1S/C23H24ClN3O4/c1-29-19-11-21(31-3)20(30-2)10-15(19)12-27-9-8-17-18(13-27)25-22(26-23(17)28)14-4-6-16(24)7-5-14/h4-7,10-11H,8-9,12-13H2,1-3H3,(H,25,26,28). The van der Waals surface area contributed by atoms with Gasteiger partial charge in [0.05, 0.1) is 27.0 Å². The summed E-state index contributed by atoms with van der Waals surface area (Å²) in [6.07, 6.45) is 0.633. The van der Waals surface area contributed by atoms with E-state index in [1.54, 1.807) is 33.5 Å². The van der Waals surface area contributed by atoms with E-state index in [0.717, 1.165) is 34.7 Å². The second-order valence-electron chi connectivity index (χ2n) is 7.33. The molecule has 4 rings (SSSR count). The van der Waals surface area contributed by atoms with Gasteiger partial charge in [0.25, 0.3) is 5.56 Å². The molecule has 0 unspecified atom stereocenters. The van der Waals surface area contributed by atoms with Crippen LogP contribution >= 0.6 is 11.6 Å². The van der Waals surface area contributed by atoms with Gasteiger partial charge in [-0.3, -0.25) is 9.69 Å². The Morgan fingerprint density at radius 1 is 1.03 bits per heavy atom. The van der Waals surface area contributed by atoms with Crippen LogP contribution in [0.3, 0.4) is 0 Å². The van der Waals surface area contributed by atoms with Crippen molar-refractivity contribution in [1.29, 1.82) is 0 Å². The fraction of sp³-hybridized carbons (Fsp3) is 0.304. The van der Waals surface area contributed by atoms with Gasteiger partial charge < -0.3 is 19.2 Å². The van der Waals surface area contributed by atoms with Crippen molar-refractivity contribution in [2.24, 2.45) is 0 Å². The van der Waals surface area contributed by atoms with Gasteiger partial charge in [0.2, 0.25) is 0 Å². The lowest BCUT2D eigenvalue weighted by molar-refractivity contribution is 0.236. The van der Waals surface area contributed by atoms with E-state index in [1.807, 2.05) is 24.3 Å². The summed E-state index contributed by atoms with van der Waals surface area (Å²) < 4.78 is 16.4. The van der Waals surface area contributed by atoms with E-state index in [9.17, 15) is 4.79 Å². The van der Waals surface area contributed by atoms with Gasteiger partial charge in [-0.05, 0) is 36.8 Å². The van der Waals surface area contributed by atoms with Gasteiger partial charge in [0.15, 0.2) is 11.5 Å². The van der Waals surface area contributed by atoms with E-state index in [1.165, 1.54) is 0 Å². The number of ether oxygens (including phenoxy) is 3. The Morgan fingerprint density at radius 2 is 1.71 bits per heavy atom. The summed E-state index contributed by atoms with van der Waals surface area (Å²) in [6.45, 7) is 1.95. The fourth-order valence-corrected chi connectivity index (χ4v) is 3.96. The molecule has 0 bridgehead atoms. The molecule has 7 nitrogen and oxygen atoms in total. The Bertz CT molecular complexity index is 1140. The lowest BCUT2D eigenvalue weighted by Gasteiger charge is -2.28. The van der Waals surface area contributed by atoms with Crippen molar-refractivity contribution in [3.05, 3.63) is 68.6 Å². The Hall–Kier alpha value is -3.03. The van der Waals surface area contributed by atoms with Crippen LogP contribution in [0.4, 0.5) is 0 Å². The number of halogens is 1. The SMILES string of the molecule is COc1cc(OC)c(OC)cc1CN1CCc2c(nc(-c3ccc(Cl)cc3)[nH]c2=O)C1. The highest BCUT2D eigenvalue weighted by Crippen LogP contribution is 2.35. The molecule has 0 atom stereocenters. The number of nitrogens with zero attached hydrogens (tertiary/aromatic N) is 2. The fourth-order valence-electron chi connectivity index (χ4n) is 3.83. The molecule has 1 aliphatic rings. The molecular formula is C23H24ClN3O4. The number of fused-ring (bicyclic) bond motifs is 1. The predicted molar refractivity (Wildman–Crippen MR) is 119 cm³/mol. The van der Waals surface area contributed by atoms with Crippen molar-refractivity contribution in [1.82, 2.24) is 14.9 Å². The minimum atomic E-state index is -0.0849. The van der Waals surface area contributed by atoms with E-state index in [0.29, 0.717) is 41.9 Å². The van der Waals surface area contributed by atoms with Crippen molar-refractivity contribution in [3.8, 4) is 28.6 Å². The third-order valence-electron chi connectivity index (χ3n) is 5.45. The lowest BCUT2D eigenvalue weighted by atomic mass is 10.0. The largest absolute Gasteiger partial charge is 0.496 e. The number of H-pyrrole nitrogens is 1. The lowest BCUT2D eigenvalue weighted by Crippen LogP contribution is -2.35. The molecule has 1 aliphatic heterocycles. The monoisotopic (exact) mass is 441 g/mol. The normalized spacial score (nSPS) is 13.5. The van der Waals surface area contributed by atoms with Gasteiger partial charge in [-0.1, -0.05) is 11.6 Å². The summed E-state index contributed by atoms with van der Waals surface area (Å²) in [6, 6.07) is 11.0. The molecule has 2 heterocycles. The summed E-state index contributed by atoms with van der Waals surface area (Å²) in [4.78, 5) is 22.6. The van der Waals surface area contributed by atoms with Crippen molar-refractivity contribution in [2.75, 3.05) is 27.9 Å². The first kappa shape index (κ1) is 21.2. The van der Waals surface area contributed by atoms with Crippen LogP contribution in [-0.4, -0.2) is 42.7 Å². The van der Waals surface area contributed by atoms with E-state index in [2.05, 4.69) is 9.88 Å². The zero-order valence-electron chi connectivity index (χ0n) is 17.7. The van der Waals surface area contributed by atoms with Crippen LogP contribution in [0, 0.1) is 0 Å². The van der Waals surface area contributed by atoms with Crippen molar-refractivity contribution in [2.45, 2.75) is 19.5 Å². The average molecular weight is 442 g/mol. The second-order valence-corrected chi connectivity index (χ2v) is 7.76. The van der Waals surface area contributed by atoms with Gasteiger partial charge in [-0.15, -0.1) is 0 Å². The molecule has 0 saturated carbocycles. The Kier molecular flexibility index (Phi) is 6.15. The first-order chi connectivity index (χ1) is 15.0. The zero-order valence-corrected chi connectivity index (χ0v) is 18.5. The number of hydrogen-bond donors (Lipinski definition) is 1. The van der Waals surface area contributed by atoms with Gasteiger partial charge in [-0.2, -0.15) is 0 Å². The molecular weight excluding hydrogens is 418 g/mol. The molecule has 0 amide bonds. The molecule has 1 aromatic heterocycles. The Balaban J connectivity index is 1.62. The van der Waals surface area contributed by atoms with Crippen LogP contribution in [0.2, 0.25) is 5.02 Å². The molecule has 0 fully saturated rings. The highest BCUT2D eigenvalue weighted by Gasteiger charge is 2.23. The maximum atomic E-state index is 12.7. The molecule has 2 aromatic carbocycles. The third-order valence-corrected chi connectivity index (χ3v) is 5.70. The minimum absolute atomic E-state index is 0.0849. The van der Waals surface area contributed by atoms with Gasteiger partial charge in [0.1, 0.15) is 11.6 Å². The summed E-state index contributed by atoms with van der Waals surface area (Å²) in [5.41, 5.74) is 3.25. The molecule has 0 aliphatic carbocycles. The van der Waals surface area contributed by atoms with E-state index in [-0.39, 0.29) is 5.56 Å². The maximum Gasteiger partial charge on any atom is 0.254 e. The van der Waals surface area contributed by atoms with E-state index >= 15 is 0 Å². The van der Waals surface area contributed by atoms with E-state index < -0.39 is 0 Å². The third kappa shape index (κ3) is 4.38. The van der Waals surface area contributed by atoms with Crippen molar-refractivity contribution in [3.63, 3.8) is 0 Å². The number of aromatic amines is 1. The molecule has 0 radical (unpaired) electrons. The quantitative estimate of drug-likeness (QED) is 0.629. The predicted octanol–water partition coefficient (Wildman–Crippen LogP) is 3.67. The molecule has 1 N–H and O–H groups in total. The highest BCUT2D eigenvalue weighted by atomic mass is 35.5.